The van der Waals surface area contributed by atoms with Crippen LogP contribution < -0.4 is 10.6 Å². The van der Waals surface area contributed by atoms with Crippen molar-refractivity contribution in [1.82, 2.24) is 15.2 Å². The summed E-state index contributed by atoms with van der Waals surface area (Å²) in [7, 11) is 4.04. The Bertz CT molecular complexity index is 869. The van der Waals surface area contributed by atoms with Crippen molar-refractivity contribution >= 4 is 34.8 Å². The van der Waals surface area contributed by atoms with Crippen molar-refractivity contribution in [2.24, 2.45) is 0 Å². The fraction of sp³-hybridized carbons (Fsp3) is 0.238. The van der Waals surface area contributed by atoms with Crippen LogP contribution in [0.25, 0.3) is 0 Å². The molecular formula is C21H24N4OS2. The van der Waals surface area contributed by atoms with E-state index in [0.717, 1.165) is 22.0 Å². The molecule has 1 unspecified atom stereocenters. The Labute approximate surface area is 174 Å². The topological polar surface area (TPSA) is 57.3 Å². The van der Waals surface area contributed by atoms with Crippen molar-refractivity contribution < 1.29 is 4.79 Å². The molecular weight excluding hydrogens is 388 g/mol. The molecule has 28 heavy (non-hydrogen) atoms. The largest absolute Gasteiger partial charge is 0.336 e. The van der Waals surface area contributed by atoms with Crippen LogP contribution in [0.3, 0.4) is 0 Å². The van der Waals surface area contributed by atoms with E-state index in [0.29, 0.717) is 6.54 Å². The molecule has 3 rings (SSSR count). The molecule has 2 amide bonds. The lowest BCUT2D eigenvalue weighted by molar-refractivity contribution is 0.243. The summed E-state index contributed by atoms with van der Waals surface area (Å²) >= 11 is 3.34. The first-order valence-electron chi connectivity index (χ1n) is 8.98. The highest BCUT2D eigenvalue weighted by molar-refractivity contribution is 7.98. The zero-order valence-electron chi connectivity index (χ0n) is 16.0. The number of hydrogen-bond donors (Lipinski definition) is 2. The number of carbonyl (C=O) groups is 1. The van der Waals surface area contributed by atoms with Gasteiger partial charge in [-0.1, -0.05) is 18.2 Å². The normalized spacial score (nSPS) is 12.0. The summed E-state index contributed by atoms with van der Waals surface area (Å²) in [6.07, 6.45) is 1.79. The minimum Gasteiger partial charge on any atom is -0.336 e. The van der Waals surface area contributed by atoms with E-state index < -0.39 is 0 Å². The number of nitrogens with one attached hydrogen (secondary N) is 2. The number of anilines is 1. The fourth-order valence-electron chi connectivity index (χ4n) is 2.76. The molecule has 0 aliphatic carbocycles. The number of thioether (sulfide) groups is 1. The van der Waals surface area contributed by atoms with Gasteiger partial charge in [0.1, 0.15) is 0 Å². The van der Waals surface area contributed by atoms with Crippen LogP contribution in [0.5, 0.6) is 0 Å². The van der Waals surface area contributed by atoms with Gasteiger partial charge in [0.05, 0.1) is 11.1 Å². The Morgan fingerprint density at radius 3 is 2.82 bits per heavy atom. The van der Waals surface area contributed by atoms with Crippen LogP contribution in [0.15, 0.2) is 70.5 Å². The third-order valence-corrected chi connectivity index (χ3v) is 5.93. The van der Waals surface area contributed by atoms with Gasteiger partial charge in [-0.25, -0.2) is 9.78 Å². The number of likely N-dealkylation sites (N-methyl/N-ethyl adjacent to an activating group) is 1. The summed E-state index contributed by atoms with van der Waals surface area (Å²) in [4.78, 5) is 18.8. The number of urea groups is 1. The minimum absolute atomic E-state index is 0.151. The molecule has 5 nitrogen and oxygen atoms in total. The predicted octanol–water partition coefficient (Wildman–Crippen LogP) is 4.86. The molecule has 2 N–H and O–H groups in total. The molecule has 0 radical (unpaired) electrons. The molecule has 0 fully saturated rings. The van der Waals surface area contributed by atoms with Gasteiger partial charge in [-0.3, -0.25) is 0 Å². The van der Waals surface area contributed by atoms with Gasteiger partial charge in [0.15, 0.2) is 0 Å². The summed E-state index contributed by atoms with van der Waals surface area (Å²) in [5, 5.41) is 11.1. The summed E-state index contributed by atoms with van der Waals surface area (Å²) in [6, 6.07) is 15.8. The first kappa shape index (κ1) is 20.4. The van der Waals surface area contributed by atoms with Gasteiger partial charge in [-0.2, -0.15) is 11.3 Å². The van der Waals surface area contributed by atoms with Crippen LogP contribution in [0.2, 0.25) is 0 Å². The Hall–Kier alpha value is -2.35. The number of pyridine rings is 1. The smallest absolute Gasteiger partial charge is 0.319 e. The van der Waals surface area contributed by atoms with Gasteiger partial charge in [-0.05, 0) is 66.3 Å². The first-order chi connectivity index (χ1) is 13.6. The minimum atomic E-state index is -0.198. The van der Waals surface area contributed by atoms with E-state index >= 15 is 0 Å². The summed E-state index contributed by atoms with van der Waals surface area (Å²) < 4.78 is 0. The Morgan fingerprint density at radius 1 is 1.21 bits per heavy atom. The molecule has 0 aliphatic rings. The number of carbonyl (C=O) groups excluding carboxylic acids is 1. The van der Waals surface area contributed by atoms with Crippen LogP contribution in [-0.4, -0.2) is 36.6 Å². The third-order valence-electron chi connectivity index (χ3n) is 4.22. The average Bonchev–Trinajstić information content (AvgIpc) is 3.22. The molecule has 0 bridgehead atoms. The Balaban J connectivity index is 1.52. The van der Waals surface area contributed by atoms with E-state index in [9.17, 15) is 4.79 Å². The molecule has 0 spiro atoms. The van der Waals surface area contributed by atoms with Crippen molar-refractivity contribution in [2.45, 2.75) is 16.8 Å². The zero-order chi connectivity index (χ0) is 19.8. The van der Waals surface area contributed by atoms with Crippen LogP contribution in [0.4, 0.5) is 10.5 Å². The predicted molar refractivity (Wildman–Crippen MR) is 118 cm³/mol. The number of benzene rings is 1. The maximum Gasteiger partial charge on any atom is 0.319 e. The molecule has 146 valence electrons. The van der Waals surface area contributed by atoms with E-state index in [1.54, 1.807) is 29.3 Å². The molecule has 7 heteroatoms. The highest BCUT2D eigenvalue weighted by atomic mass is 32.2. The molecule has 1 aromatic carbocycles. The fourth-order valence-corrected chi connectivity index (χ4v) is 4.27. The lowest BCUT2D eigenvalue weighted by Gasteiger charge is -2.24. The first-order valence-corrected chi connectivity index (χ1v) is 10.9. The second kappa shape index (κ2) is 10.3. The van der Waals surface area contributed by atoms with Gasteiger partial charge in [0.25, 0.3) is 0 Å². The Kier molecular flexibility index (Phi) is 7.47. The summed E-state index contributed by atoms with van der Waals surface area (Å²) in [5.74, 6) is 0.801. The highest BCUT2D eigenvalue weighted by Crippen LogP contribution is 2.22. The maximum absolute atomic E-state index is 12.3. The van der Waals surface area contributed by atoms with Crippen LogP contribution in [0, 0.1) is 0 Å². The molecule has 0 saturated heterocycles. The van der Waals surface area contributed by atoms with Crippen LogP contribution >= 0.6 is 23.1 Å². The average molecular weight is 413 g/mol. The molecule has 0 saturated carbocycles. The van der Waals surface area contributed by atoms with Crippen molar-refractivity contribution in [3.05, 3.63) is 76.6 Å². The number of rotatable bonds is 8. The van der Waals surface area contributed by atoms with Gasteiger partial charge in [0, 0.05) is 24.2 Å². The van der Waals surface area contributed by atoms with E-state index in [1.807, 2.05) is 50.5 Å². The van der Waals surface area contributed by atoms with Crippen LogP contribution in [-0.2, 0) is 5.75 Å². The molecule has 2 heterocycles. The van der Waals surface area contributed by atoms with Gasteiger partial charge < -0.3 is 15.5 Å². The maximum atomic E-state index is 12.3. The number of nitrogens with zero attached hydrogens (tertiary/aromatic N) is 2. The van der Waals surface area contributed by atoms with E-state index in [1.165, 1.54) is 5.56 Å². The van der Waals surface area contributed by atoms with Gasteiger partial charge in [0.2, 0.25) is 0 Å². The molecule has 1 atom stereocenters. The van der Waals surface area contributed by atoms with Crippen molar-refractivity contribution in [1.29, 1.82) is 0 Å². The quantitative estimate of drug-likeness (QED) is 0.519. The van der Waals surface area contributed by atoms with E-state index in [2.05, 4.69) is 43.4 Å². The molecule has 0 aliphatic heterocycles. The monoisotopic (exact) mass is 412 g/mol. The number of amides is 2. The summed E-state index contributed by atoms with van der Waals surface area (Å²) in [5.41, 5.74) is 3.13. The molecule has 3 aromatic rings. The molecule has 2 aromatic heterocycles. The Morgan fingerprint density at radius 2 is 2.11 bits per heavy atom. The van der Waals surface area contributed by atoms with Gasteiger partial charge in [-0.15, -0.1) is 11.8 Å². The number of hydrogen-bond acceptors (Lipinski definition) is 5. The third kappa shape index (κ3) is 6.09. The standard InChI is InChI=1S/C21H24N4OS2/c1-25(2)19(17-9-11-27-15-17)13-23-21(26)24-18-7-5-6-16(12-18)14-28-20-8-3-4-10-22-20/h3-12,15,19H,13-14H2,1-2H3,(H2,23,24,26). The number of aromatic nitrogens is 1. The van der Waals surface area contributed by atoms with Crippen molar-refractivity contribution in [3.63, 3.8) is 0 Å². The van der Waals surface area contributed by atoms with Crippen molar-refractivity contribution in [3.8, 4) is 0 Å². The van der Waals surface area contributed by atoms with Crippen LogP contribution in [0.1, 0.15) is 17.2 Å². The lowest BCUT2D eigenvalue weighted by Crippen LogP contribution is -2.36. The second-order valence-electron chi connectivity index (χ2n) is 6.53. The van der Waals surface area contributed by atoms with E-state index in [-0.39, 0.29) is 12.1 Å². The second-order valence-corrected chi connectivity index (χ2v) is 8.30. The highest BCUT2D eigenvalue weighted by Gasteiger charge is 2.15. The SMILES string of the molecule is CN(C)C(CNC(=O)Nc1cccc(CSc2ccccn2)c1)c1ccsc1. The van der Waals surface area contributed by atoms with E-state index in [4.69, 9.17) is 0 Å². The summed E-state index contributed by atoms with van der Waals surface area (Å²) in [6.45, 7) is 0.546. The lowest BCUT2D eigenvalue weighted by atomic mass is 10.1. The number of thiophene rings is 1. The van der Waals surface area contributed by atoms with Gasteiger partial charge >= 0.3 is 6.03 Å². The zero-order valence-corrected chi connectivity index (χ0v) is 17.6. The van der Waals surface area contributed by atoms with Crippen molar-refractivity contribution in [2.75, 3.05) is 26.0 Å².